The summed E-state index contributed by atoms with van der Waals surface area (Å²) in [7, 11) is 2.19. The lowest BCUT2D eigenvalue weighted by Crippen LogP contribution is -2.21. The number of phenolic OH excluding ortho intramolecular Hbond substituents is 2. The fraction of sp³-hybridized carbons (Fsp3) is 0.308. The van der Waals surface area contributed by atoms with E-state index < -0.39 is 0 Å². The average molecular weight is 741 g/mol. The van der Waals surface area contributed by atoms with Gasteiger partial charge in [-0.05, 0) is 135 Å². The van der Waals surface area contributed by atoms with Crippen LogP contribution in [-0.2, 0) is 25.8 Å². The number of aromatic hydroxyl groups is 2. The van der Waals surface area contributed by atoms with E-state index in [2.05, 4.69) is 159 Å². The highest BCUT2D eigenvalue weighted by Crippen LogP contribution is 2.42. The Kier molecular flexibility index (Phi) is 11.0. The maximum Gasteiger partial charge on any atom is 0.142 e. The molecular weight excluding hydrogens is 685 g/mol. The summed E-state index contributed by atoms with van der Waals surface area (Å²) in [5, 5.41) is 25.9. The van der Waals surface area contributed by atoms with E-state index in [4.69, 9.17) is 0 Å². The average Bonchev–Trinajstić information content (AvgIpc) is 3.46. The second-order valence-corrected chi connectivity index (χ2v) is 16.5. The predicted molar refractivity (Wildman–Crippen MR) is 234 cm³/mol. The van der Waals surface area contributed by atoms with Gasteiger partial charge in [0.25, 0.3) is 0 Å². The number of nitrogens with zero attached hydrogens (tertiary/aromatic N) is 2. The molecule has 0 saturated carbocycles. The minimum absolute atomic E-state index is 0.351. The summed E-state index contributed by atoms with van der Waals surface area (Å²) >= 11 is 0. The van der Waals surface area contributed by atoms with E-state index in [1.54, 1.807) is 0 Å². The normalized spacial score (nSPS) is 14.6. The van der Waals surface area contributed by atoms with E-state index in [-0.39, 0.29) is 0 Å². The molecule has 1 heterocycles. The summed E-state index contributed by atoms with van der Waals surface area (Å²) in [6, 6.07) is 43.3. The Balaban J connectivity index is 0.907. The zero-order valence-electron chi connectivity index (χ0n) is 33.6. The third kappa shape index (κ3) is 7.60. The van der Waals surface area contributed by atoms with Gasteiger partial charge in [0.1, 0.15) is 11.5 Å². The van der Waals surface area contributed by atoms with Gasteiger partial charge >= 0.3 is 0 Å². The first-order valence-corrected chi connectivity index (χ1v) is 20.8. The number of hydrogen-bond acceptors (Lipinski definition) is 3. The van der Waals surface area contributed by atoms with Gasteiger partial charge in [-0.15, -0.1) is 0 Å². The lowest BCUT2D eigenvalue weighted by molar-refractivity contribution is 0.278. The molecule has 56 heavy (non-hydrogen) atoms. The summed E-state index contributed by atoms with van der Waals surface area (Å²) in [6.07, 6.45) is 8.20. The molecule has 0 fully saturated rings. The van der Waals surface area contributed by atoms with E-state index in [1.165, 1.54) is 38.6 Å². The Hall–Kier alpha value is -5.32. The third-order valence-electron chi connectivity index (χ3n) is 12.5. The van der Waals surface area contributed by atoms with Gasteiger partial charge in [0, 0.05) is 22.9 Å². The Labute approximate surface area is 333 Å². The van der Waals surface area contributed by atoms with E-state index in [9.17, 15) is 10.2 Å². The maximum absolute atomic E-state index is 11.7. The van der Waals surface area contributed by atoms with Crippen molar-refractivity contribution in [1.82, 2.24) is 9.47 Å². The largest absolute Gasteiger partial charge is 0.507 e. The van der Waals surface area contributed by atoms with Crippen LogP contribution in [0.5, 0.6) is 11.5 Å². The van der Waals surface area contributed by atoms with E-state index in [0.29, 0.717) is 23.3 Å². The molecule has 4 heteroatoms. The fourth-order valence-electron chi connectivity index (χ4n) is 9.56. The monoisotopic (exact) mass is 740 g/mol. The van der Waals surface area contributed by atoms with Crippen LogP contribution in [0.1, 0.15) is 83.9 Å². The first kappa shape index (κ1) is 37.6. The van der Waals surface area contributed by atoms with E-state index >= 15 is 0 Å². The fourth-order valence-corrected chi connectivity index (χ4v) is 9.56. The Bertz CT molecular complexity index is 2440. The SMILES string of the molecule is CCC(CCCc1cc(C)cc(-n2c3ccccc3c3ccccc32)c1O)CCN(C)Cc1cc(C)cc(CC2CCc3ccccc3-c3ccccc32)c1O. The summed E-state index contributed by atoms with van der Waals surface area (Å²) in [5.74, 6) is 1.80. The molecule has 0 amide bonds. The van der Waals surface area contributed by atoms with Crippen LogP contribution >= 0.6 is 0 Å². The smallest absolute Gasteiger partial charge is 0.142 e. The quantitative estimate of drug-likeness (QED) is 0.124. The molecule has 2 unspecified atom stereocenters. The summed E-state index contributed by atoms with van der Waals surface area (Å²) in [4.78, 5) is 2.38. The van der Waals surface area contributed by atoms with Crippen LogP contribution in [0.2, 0.25) is 0 Å². The topological polar surface area (TPSA) is 48.6 Å². The predicted octanol–water partition coefficient (Wildman–Crippen LogP) is 12.6. The van der Waals surface area contributed by atoms with Gasteiger partial charge in [-0.3, -0.25) is 0 Å². The number of aryl methyl sites for hydroxylation is 4. The van der Waals surface area contributed by atoms with Crippen molar-refractivity contribution < 1.29 is 10.2 Å². The van der Waals surface area contributed by atoms with Crippen molar-refractivity contribution in [2.45, 2.75) is 84.6 Å². The molecule has 0 bridgehead atoms. The molecule has 1 aliphatic carbocycles. The second-order valence-electron chi connectivity index (χ2n) is 16.5. The molecule has 0 saturated heterocycles. The number of fused-ring (bicyclic) bond motifs is 6. The van der Waals surface area contributed by atoms with Crippen LogP contribution in [0.15, 0.2) is 121 Å². The van der Waals surface area contributed by atoms with Gasteiger partial charge in [-0.25, -0.2) is 0 Å². The highest BCUT2D eigenvalue weighted by Gasteiger charge is 2.24. The Morgan fingerprint density at radius 2 is 1.32 bits per heavy atom. The van der Waals surface area contributed by atoms with Crippen molar-refractivity contribution in [2.24, 2.45) is 5.92 Å². The van der Waals surface area contributed by atoms with Crippen LogP contribution in [0, 0.1) is 19.8 Å². The van der Waals surface area contributed by atoms with Crippen molar-refractivity contribution >= 4 is 21.8 Å². The number of phenols is 2. The van der Waals surface area contributed by atoms with Gasteiger partial charge in [0.05, 0.1) is 16.7 Å². The molecule has 4 nitrogen and oxygen atoms in total. The first-order chi connectivity index (χ1) is 27.3. The standard InChI is InChI=1S/C52H56N2O2/c1-5-37(15-14-17-40-29-36(3)32-50(52(40)56)54-48-23-12-10-21-46(48)47-22-11-13-24-49(47)54)27-28-53(4)34-42-31-35(2)30-41(51(42)55)33-39-26-25-38-16-6-7-18-43(38)45-20-9-8-19-44(39)45/h6-13,16,18-24,29-32,37,39,55-56H,5,14-15,17,25-28,33-34H2,1-4H3. The van der Waals surface area contributed by atoms with Crippen molar-refractivity contribution in [1.29, 1.82) is 0 Å². The van der Waals surface area contributed by atoms with E-state index in [0.717, 1.165) is 103 Å². The Morgan fingerprint density at radius 3 is 2.07 bits per heavy atom. The van der Waals surface area contributed by atoms with Gasteiger partial charge in [0.2, 0.25) is 0 Å². The van der Waals surface area contributed by atoms with Gasteiger partial charge in [-0.2, -0.15) is 0 Å². The molecule has 0 radical (unpaired) electrons. The highest BCUT2D eigenvalue weighted by molar-refractivity contribution is 6.09. The van der Waals surface area contributed by atoms with Gasteiger partial charge in [-0.1, -0.05) is 128 Å². The zero-order valence-corrected chi connectivity index (χ0v) is 33.6. The minimum atomic E-state index is 0.351. The molecule has 8 rings (SSSR count). The maximum atomic E-state index is 11.7. The zero-order chi connectivity index (χ0) is 38.8. The van der Waals surface area contributed by atoms with Crippen LogP contribution in [0.25, 0.3) is 38.6 Å². The molecule has 6 aromatic carbocycles. The molecule has 2 N–H and O–H groups in total. The van der Waals surface area contributed by atoms with E-state index in [1.807, 2.05) is 0 Å². The molecular formula is C52H56N2O2. The number of hydrogen-bond donors (Lipinski definition) is 2. The van der Waals surface area contributed by atoms with Gasteiger partial charge < -0.3 is 19.7 Å². The first-order valence-electron chi connectivity index (χ1n) is 20.8. The molecule has 7 aromatic rings. The Morgan fingerprint density at radius 1 is 0.696 bits per heavy atom. The molecule has 286 valence electrons. The number of para-hydroxylation sites is 2. The minimum Gasteiger partial charge on any atom is -0.507 e. The van der Waals surface area contributed by atoms with Gasteiger partial charge in [0.15, 0.2) is 0 Å². The van der Waals surface area contributed by atoms with Crippen LogP contribution in [0.4, 0.5) is 0 Å². The molecule has 1 aliphatic rings. The van der Waals surface area contributed by atoms with Crippen molar-refractivity contribution in [2.75, 3.05) is 13.6 Å². The second kappa shape index (κ2) is 16.4. The molecule has 1 aromatic heterocycles. The van der Waals surface area contributed by atoms with Crippen molar-refractivity contribution in [3.05, 3.63) is 160 Å². The number of aromatic nitrogens is 1. The van der Waals surface area contributed by atoms with Crippen LogP contribution in [0.3, 0.4) is 0 Å². The number of benzene rings is 6. The van der Waals surface area contributed by atoms with Crippen molar-refractivity contribution in [3.8, 4) is 28.3 Å². The highest BCUT2D eigenvalue weighted by atomic mass is 16.3. The van der Waals surface area contributed by atoms with Crippen LogP contribution in [-0.4, -0.2) is 33.3 Å². The summed E-state index contributed by atoms with van der Waals surface area (Å²) in [5.41, 5.74) is 14.1. The molecule has 0 spiro atoms. The lowest BCUT2D eigenvalue weighted by atomic mass is 9.85. The lowest BCUT2D eigenvalue weighted by Gasteiger charge is -2.23. The van der Waals surface area contributed by atoms with Crippen molar-refractivity contribution in [3.63, 3.8) is 0 Å². The third-order valence-corrected chi connectivity index (χ3v) is 12.5. The summed E-state index contributed by atoms with van der Waals surface area (Å²) < 4.78 is 2.23. The summed E-state index contributed by atoms with van der Waals surface area (Å²) in [6.45, 7) is 8.30. The molecule has 0 aliphatic heterocycles. The molecule has 2 atom stereocenters. The number of rotatable bonds is 13. The van der Waals surface area contributed by atoms with Crippen LogP contribution < -0.4 is 0 Å².